The lowest BCUT2D eigenvalue weighted by atomic mass is 9.92. The van der Waals surface area contributed by atoms with Gasteiger partial charge in [-0.05, 0) is 50.8 Å². The number of nitrogens with one attached hydrogen (secondary N) is 3. The second kappa shape index (κ2) is 10.0. The van der Waals surface area contributed by atoms with E-state index >= 15 is 0 Å². The Balaban J connectivity index is 1.68. The predicted octanol–water partition coefficient (Wildman–Crippen LogP) is 3.87. The molecule has 3 N–H and O–H groups in total. The van der Waals surface area contributed by atoms with Crippen LogP contribution in [-0.2, 0) is 4.74 Å². The van der Waals surface area contributed by atoms with Crippen LogP contribution < -0.4 is 15.5 Å². The Morgan fingerprint density at radius 1 is 1.29 bits per heavy atom. The maximum absolute atomic E-state index is 7.55. The molecule has 2 unspecified atom stereocenters. The Morgan fingerprint density at radius 2 is 2.07 bits per heavy atom. The summed E-state index contributed by atoms with van der Waals surface area (Å²) in [4.78, 5) is 7.03. The van der Waals surface area contributed by atoms with Gasteiger partial charge in [0.1, 0.15) is 0 Å². The fourth-order valence-corrected chi connectivity index (χ4v) is 4.29. The minimum atomic E-state index is 0.158. The fourth-order valence-electron chi connectivity index (χ4n) is 4.29. The molecule has 3 rings (SSSR count). The van der Waals surface area contributed by atoms with E-state index < -0.39 is 0 Å². The molecule has 0 bridgehead atoms. The third-order valence-corrected chi connectivity index (χ3v) is 5.79. The number of methoxy groups -OCH3 is 1. The van der Waals surface area contributed by atoms with Gasteiger partial charge in [0, 0.05) is 50.4 Å². The Labute approximate surface area is 169 Å². The highest BCUT2D eigenvalue weighted by molar-refractivity contribution is 5.90. The summed E-state index contributed by atoms with van der Waals surface area (Å²) < 4.78 is 5.88. The molecule has 0 amide bonds. The molecule has 0 radical (unpaired) electrons. The number of aryl methyl sites for hydroxylation is 1. The van der Waals surface area contributed by atoms with Gasteiger partial charge in [-0.1, -0.05) is 19.3 Å². The van der Waals surface area contributed by atoms with Crippen molar-refractivity contribution in [2.75, 3.05) is 30.4 Å². The summed E-state index contributed by atoms with van der Waals surface area (Å²) in [6, 6.07) is 3.17. The van der Waals surface area contributed by atoms with E-state index in [4.69, 9.17) is 15.1 Å². The van der Waals surface area contributed by atoms with Crippen LogP contribution in [0, 0.1) is 12.3 Å². The molecule has 2 heterocycles. The van der Waals surface area contributed by atoms with Crippen molar-refractivity contribution in [3.8, 4) is 0 Å². The van der Waals surface area contributed by atoms with Crippen molar-refractivity contribution in [3.05, 3.63) is 30.1 Å². The van der Waals surface area contributed by atoms with Crippen LogP contribution in [0.15, 0.2) is 24.5 Å². The van der Waals surface area contributed by atoms with E-state index in [9.17, 15) is 0 Å². The van der Waals surface area contributed by atoms with E-state index in [-0.39, 0.29) is 6.10 Å². The second-order valence-electron chi connectivity index (χ2n) is 8.16. The SMILES string of the molecule is COC1CN(c2ncc(C)cc2N/C=C\C(C)=N)CCC1NC1CCCCC1. The molecule has 2 atom stereocenters. The van der Waals surface area contributed by atoms with Gasteiger partial charge in [-0.15, -0.1) is 0 Å². The van der Waals surface area contributed by atoms with Crippen molar-refractivity contribution >= 4 is 17.2 Å². The molecule has 6 heteroatoms. The Morgan fingerprint density at radius 3 is 2.79 bits per heavy atom. The Kier molecular flexibility index (Phi) is 7.45. The first-order valence-corrected chi connectivity index (χ1v) is 10.6. The number of rotatable bonds is 7. The smallest absolute Gasteiger partial charge is 0.152 e. The molecule has 1 aromatic heterocycles. The van der Waals surface area contributed by atoms with Gasteiger partial charge in [-0.2, -0.15) is 0 Å². The zero-order valence-electron chi connectivity index (χ0n) is 17.5. The number of allylic oxidation sites excluding steroid dienone is 1. The molecule has 0 spiro atoms. The van der Waals surface area contributed by atoms with E-state index in [1.807, 2.05) is 26.4 Å². The average Bonchev–Trinajstić information content (AvgIpc) is 2.69. The molecule has 6 nitrogen and oxygen atoms in total. The van der Waals surface area contributed by atoms with Crippen LogP contribution in [0.5, 0.6) is 0 Å². The van der Waals surface area contributed by atoms with Gasteiger partial charge in [0.05, 0.1) is 11.8 Å². The van der Waals surface area contributed by atoms with Gasteiger partial charge in [-0.3, -0.25) is 0 Å². The lowest BCUT2D eigenvalue weighted by Gasteiger charge is -2.41. The van der Waals surface area contributed by atoms with Crippen molar-refractivity contribution in [2.24, 2.45) is 0 Å². The number of nitrogens with zero attached hydrogens (tertiary/aromatic N) is 2. The lowest BCUT2D eigenvalue weighted by Crippen LogP contribution is -2.56. The van der Waals surface area contributed by atoms with Crippen molar-refractivity contribution < 1.29 is 4.74 Å². The highest BCUT2D eigenvalue weighted by Crippen LogP contribution is 2.29. The predicted molar refractivity (Wildman–Crippen MR) is 117 cm³/mol. The first-order valence-electron chi connectivity index (χ1n) is 10.6. The molecule has 1 aliphatic carbocycles. The van der Waals surface area contributed by atoms with Crippen molar-refractivity contribution in [1.29, 1.82) is 5.41 Å². The largest absolute Gasteiger partial charge is 0.378 e. The summed E-state index contributed by atoms with van der Waals surface area (Å²) in [7, 11) is 1.82. The number of aromatic nitrogens is 1. The van der Waals surface area contributed by atoms with E-state index in [0.29, 0.717) is 17.8 Å². The number of pyridine rings is 1. The van der Waals surface area contributed by atoms with Gasteiger partial charge in [-0.25, -0.2) is 4.98 Å². The number of piperidine rings is 1. The Hall–Kier alpha value is -1.92. The van der Waals surface area contributed by atoms with Gasteiger partial charge in [0.2, 0.25) is 0 Å². The maximum Gasteiger partial charge on any atom is 0.152 e. The highest BCUT2D eigenvalue weighted by atomic mass is 16.5. The van der Waals surface area contributed by atoms with Crippen LogP contribution in [0.3, 0.4) is 0 Å². The van der Waals surface area contributed by atoms with Gasteiger partial charge < -0.3 is 25.7 Å². The number of hydrogen-bond acceptors (Lipinski definition) is 6. The quantitative estimate of drug-likeness (QED) is 0.622. The van der Waals surface area contributed by atoms with Crippen LogP contribution in [-0.4, -0.2) is 49.1 Å². The standard InChI is InChI=1S/C22H35N5O/c1-16-13-20(24-11-9-17(2)23)22(25-14-16)27-12-10-19(21(15-27)28-3)26-18-7-5-4-6-8-18/h9,11,13-14,18-19,21,23-24,26H,4-8,10,12,15H2,1-3H3/b11-9-,23-17?. The second-order valence-corrected chi connectivity index (χ2v) is 8.16. The molecule has 1 saturated heterocycles. The summed E-state index contributed by atoms with van der Waals surface area (Å²) in [6.45, 7) is 5.61. The molecule has 0 aromatic carbocycles. The summed E-state index contributed by atoms with van der Waals surface area (Å²) in [5, 5.41) is 14.7. The first kappa shape index (κ1) is 20.8. The zero-order valence-corrected chi connectivity index (χ0v) is 17.5. The molecular weight excluding hydrogens is 350 g/mol. The first-order chi connectivity index (χ1) is 13.6. The normalized spacial score (nSPS) is 23.9. The molecule has 1 aromatic rings. The van der Waals surface area contributed by atoms with E-state index in [2.05, 4.69) is 21.6 Å². The molecule has 2 fully saturated rings. The van der Waals surface area contributed by atoms with Crippen molar-refractivity contribution in [2.45, 2.75) is 70.6 Å². The van der Waals surface area contributed by atoms with Crippen LogP contribution in [0.1, 0.15) is 51.0 Å². The molecule has 2 aliphatic rings. The molecule has 1 saturated carbocycles. The summed E-state index contributed by atoms with van der Waals surface area (Å²) in [5.74, 6) is 0.955. The monoisotopic (exact) mass is 385 g/mol. The van der Waals surface area contributed by atoms with Crippen LogP contribution in [0.4, 0.5) is 11.5 Å². The lowest BCUT2D eigenvalue weighted by molar-refractivity contribution is 0.0534. The molecule has 1 aliphatic heterocycles. The summed E-state index contributed by atoms with van der Waals surface area (Å²) in [6.07, 6.45) is 13.4. The van der Waals surface area contributed by atoms with Crippen molar-refractivity contribution in [1.82, 2.24) is 10.3 Å². The van der Waals surface area contributed by atoms with Gasteiger partial charge >= 0.3 is 0 Å². The molecule has 154 valence electrons. The third-order valence-electron chi connectivity index (χ3n) is 5.79. The highest BCUT2D eigenvalue weighted by Gasteiger charge is 2.32. The summed E-state index contributed by atoms with van der Waals surface area (Å²) in [5.41, 5.74) is 2.61. The van der Waals surface area contributed by atoms with Gasteiger partial charge in [0.25, 0.3) is 0 Å². The van der Waals surface area contributed by atoms with Crippen molar-refractivity contribution in [3.63, 3.8) is 0 Å². The van der Waals surface area contributed by atoms with Crippen LogP contribution in [0.25, 0.3) is 0 Å². The molecule has 28 heavy (non-hydrogen) atoms. The number of hydrogen-bond donors (Lipinski definition) is 3. The van der Waals surface area contributed by atoms with Crippen LogP contribution in [0.2, 0.25) is 0 Å². The minimum Gasteiger partial charge on any atom is -0.378 e. The van der Waals surface area contributed by atoms with E-state index in [1.165, 1.54) is 32.1 Å². The number of anilines is 2. The average molecular weight is 386 g/mol. The summed E-state index contributed by atoms with van der Waals surface area (Å²) >= 11 is 0. The van der Waals surface area contributed by atoms with E-state index in [1.54, 1.807) is 13.0 Å². The minimum absolute atomic E-state index is 0.158. The Bertz CT molecular complexity index is 684. The fraction of sp³-hybridized carbons (Fsp3) is 0.636. The maximum atomic E-state index is 7.55. The molecular formula is C22H35N5O. The topological polar surface area (TPSA) is 73.3 Å². The van der Waals surface area contributed by atoms with Crippen LogP contribution >= 0.6 is 0 Å². The third kappa shape index (κ3) is 5.55. The van der Waals surface area contributed by atoms with E-state index in [0.717, 1.165) is 36.6 Å². The van der Waals surface area contributed by atoms with Gasteiger partial charge in [0.15, 0.2) is 5.82 Å². The number of ether oxygens (including phenoxy) is 1. The zero-order chi connectivity index (χ0) is 19.9.